The number of halogens is 4. The Morgan fingerprint density at radius 2 is 2.03 bits per heavy atom. The average Bonchev–Trinajstić information content (AvgIpc) is 2.75. The van der Waals surface area contributed by atoms with E-state index >= 15 is 0 Å². The van der Waals surface area contributed by atoms with Crippen LogP contribution in [0.5, 0.6) is 0 Å². The lowest BCUT2D eigenvalue weighted by molar-refractivity contribution is -0.138. The molecule has 1 aromatic heterocycles. The van der Waals surface area contributed by atoms with Gasteiger partial charge in [-0.15, -0.1) is 0 Å². The molecule has 0 amide bonds. The first-order chi connectivity index (χ1) is 15.1. The van der Waals surface area contributed by atoms with Crippen molar-refractivity contribution in [2.24, 2.45) is 10.7 Å². The third-order valence-corrected chi connectivity index (χ3v) is 5.74. The van der Waals surface area contributed by atoms with Gasteiger partial charge in [-0.05, 0) is 42.7 Å². The van der Waals surface area contributed by atoms with Gasteiger partial charge in [-0.3, -0.25) is 19.6 Å². The highest BCUT2D eigenvalue weighted by atomic mass is 32.2. The number of carboxylic acid groups (broad SMARTS) is 1. The molecule has 0 radical (unpaired) electrons. The Bertz CT molecular complexity index is 1010. The van der Waals surface area contributed by atoms with Crippen molar-refractivity contribution in [3.63, 3.8) is 0 Å². The second kappa shape index (κ2) is 10.6. The highest BCUT2D eigenvalue weighted by Crippen LogP contribution is 2.40. The van der Waals surface area contributed by atoms with Crippen molar-refractivity contribution in [3.05, 3.63) is 64.7 Å². The Kier molecular flexibility index (Phi) is 8.37. The zero-order valence-electron chi connectivity index (χ0n) is 17.0. The Labute approximate surface area is 185 Å². The lowest BCUT2D eigenvalue weighted by Crippen LogP contribution is -2.32. The highest BCUT2D eigenvalue weighted by Gasteiger charge is 2.37. The van der Waals surface area contributed by atoms with Crippen LogP contribution in [0.25, 0.3) is 0 Å². The maximum atomic E-state index is 14.6. The standard InChI is InChI=1S/C20H19F4N3OS.CH2O2/c1-2-19(7-9-29-18(25)27-19)14-10-12(5-6-15(14)21)11-16(28)17-13(20(22,23)24)4-3-8-26-17;2-1-3/h3-6,8,10H,2,7,9,11H2,1H3,(H2,25,27);1H,(H,2,3)/t19-;/m0./s1. The molecule has 6 nitrogen and oxygen atoms in total. The average molecular weight is 471 g/mol. The summed E-state index contributed by atoms with van der Waals surface area (Å²) >= 11 is 1.39. The number of hydrogen-bond donors (Lipinski definition) is 2. The number of carbonyl (C=O) groups is 2. The van der Waals surface area contributed by atoms with E-state index < -0.39 is 34.6 Å². The van der Waals surface area contributed by atoms with Crippen molar-refractivity contribution in [2.45, 2.75) is 37.9 Å². The quantitative estimate of drug-likeness (QED) is 0.380. The van der Waals surface area contributed by atoms with Crippen LogP contribution in [0.3, 0.4) is 0 Å². The lowest BCUT2D eigenvalue weighted by Gasteiger charge is -2.33. The van der Waals surface area contributed by atoms with Crippen LogP contribution in [0.2, 0.25) is 0 Å². The molecule has 0 saturated heterocycles. The van der Waals surface area contributed by atoms with Crippen LogP contribution in [-0.4, -0.2) is 33.3 Å². The number of ketones is 1. The molecule has 2 heterocycles. The van der Waals surface area contributed by atoms with Crippen LogP contribution in [0.15, 0.2) is 41.5 Å². The summed E-state index contributed by atoms with van der Waals surface area (Å²) in [5, 5.41) is 7.25. The molecule has 3 rings (SSSR count). The van der Waals surface area contributed by atoms with Gasteiger partial charge in [-0.2, -0.15) is 13.2 Å². The molecule has 0 aliphatic carbocycles. The normalized spacial score (nSPS) is 18.2. The molecule has 1 aliphatic rings. The van der Waals surface area contributed by atoms with Crippen molar-refractivity contribution >= 4 is 29.2 Å². The SMILES string of the molecule is CC[C@@]1(c2cc(CC(=O)c3ncccc3C(F)(F)F)ccc2F)CCSC(N)=N1.O=CO. The number of carbonyl (C=O) groups excluding carboxylic acids is 1. The molecule has 2 aromatic rings. The first-order valence-corrected chi connectivity index (χ1v) is 10.5. The summed E-state index contributed by atoms with van der Waals surface area (Å²) < 4.78 is 54.1. The minimum Gasteiger partial charge on any atom is -0.483 e. The Hall–Kier alpha value is -2.95. The van der Waals surface area contributed by atoms with Crippen LogP contribution in [-0.2, 0) is 22.9 Å². The van der Waals surface area contributed by atoms with Crippen molar-refractivity contribution in [3.8, 4) is 0 Å². The number of hydrogen-bond acceptors (Lipinski definition) is 6. The first-order valence-electron chi connectivity index (χ1n) is 9.48. The summed E-state index contributed by atoms with van der Waals surface area (Å²) in [7, 11) is 0. The number of amidine groups is 1. The largest absolute Gasteiger partial charge is 0.483 e. The third-order valence-electron chi connectivity index (χ3n) is 4.95. The van der Waals surface area contributed by atoms with E-state index in [2.05, 4.69) is 9.98 Å². The fourth-order valence-electron chi connectivity index (χ4n) is 3.43. The van der Waals surface area contributed by atoms with Crippen LogP contribution < -0.4 is 5.73 Å². The van der Waals surface area contributed by atoms with Gasteiger partial charge in [0.05, 0.1) is 11.1 Å². The van der Waals surface area contributed by atoms with E-state index in [0.29, 0.717) is 34.9 Å². The van der Waals surface area contributed by atoms with Crippen LogP contribution >= 0.6 is 11.8 Å². The Morgan fingerprint density at radius 1 is 1.34 bits per heavy atom. The summed E-state index contributed by atoms with van der Waals surface area (Å²) in [6.07, 6.45) is -2.81. The predicted molar refractivity (Wildman–Crippen MR) is 113 cm³/mol. The van der Waals surface area contributed by atoms with Crippen molar-refractivity contribution in [1.29, 1.82) is 0 Å². The zero-order valence-corrected chi connectivity index (χ0v) is 17.8. The summed E-state index contributed by atoms with van der Waals surface area (Å²) in [6, 6.07) is 6.05. The number of aromatic nitrogens is 1. The van der Waals surface area contributed by atoms with E-state index in [9.17, 15) is 22.4 Å². The van der Waals surface area contributed by atoms with E-state index in [1.54, 1.807) is 0 Å². The monoisotopic (exact) mass is 471 g/mol. The minimum atomic E-state index is -4.69. The van der Waals surface area contributed by atoms with E-state index in [-0.39, 0.29) is 12.9 Å². The molecule has 0 fully saturated rings. The molecule has 3 N–H and O–H groups in total. The van der Waals surface area contributed by atoms with Gasteiger partial charge in [0.2, 0.25) is 0 Å². The molecule has 1 aliphatic heterocycles. The molecule has 32 heavy (non-hydrogen) atoms. The minimum absolute atomic E-state index is 0.250. The molecule has 1 atom stereocenters. The van der Waals surface area contributed by atoms with E-state index in [4.69, 9.17) is 15.6 Å². The highest BCUT2D eigenvalue weighted by molar-refractivity contribution is 8.13. The maximum Gasteiger partial charge on any atom is 0.418 e. The van der Waals surface area contributed by atoms with E-state index in [1.165, 1.54) is 30.0 Å². The third kappa shape index (κ3) is 5.84. The van der Waals surface area contributed by atoms with Crippen LogP contribution in [0.1, 0.15) is 46.9 Å². The molecule has 172 valence electrons. The maximum absolute atomic E-state index is 14.6. The number of rotatable bonds is 5. The molecular formula is C21H21F4N3O3S. The predicted octanol–water partition coefficient (Wildman–Crippen LogP) is 4.42. The summed E-state index contributed by atoms with van der Waals surface area (Å²) in [5.74, 6) is -0.599. The zero-order chi connectivity index (χ0) is 23.9. The van der Waals surface area contributed by atoms with Gasteiger partial charge >= 0.3 is 6.18 Å². The summed E-state index contributed by atoms with van der Waals surface area (Å²) in [6.45, 7) is 1.62. The molecule has 11 heteroatoms. The smallest absolute Gasteiger partial charge is 0.418 e. The van der Waals surface area contributed by atoms with E-state index in [1.807, 2.05) is 6.92 Å². The Balaban J connectivity index is 0.00000114. The van der Waals surface area contributed by atoms with E-state index in [0.717, 1.165) is 18.3 Å². The van der Waals surface area contributed by atoms with Crippen molar-refractivity contribution < 1.29 is 32.3 Å². The molecule has 0 bridgehead atoms. The van der Waals surface area contributed by atoms with Gasteiger partial charge in [0, 0.05) is 23.9 Å². The van der Waals surface area contributed by atoms with Crippen LogP contribution in [0, 0.1) is 5.82 Å². The number of nitrogens with two attached hydrogens (primary N) is 1. The summed E-state index contributed by atoms with van der Waals surface area (Å²) in [4.78, 5) is 29.0. The second-order valence-corrected chi connectivity index (χ2v) is 7.97. The second-order valence-electron chi connectivity index (χ2n) is 6.85. The number of pyridine rings is 1. The topological polar surface area (TPSA) is 106 Å². The number of thioether (sulfide) groups is 1. The fraction of sp³-hybridized carbons (Fsp3) is 0.333. The number of benzene rings is 1. The van der Waals surface area contributed by atoms with Gasteiger partial charge in [0.25, 0.3) is 6.47 Å². The molecule has 0 unspecified atom stereocenters. The fourth-order valence-corrected chi connectivity index (χ4v) is 4.32. The first kappa shape index (κ1) is 25.3. The van der Waals surface area contributed by atoms with Crippen LogP contribution in [0.4, 0.5) is 17.6 Å². The van der Waals surface area contributed by atoms with Gasteiger partial charge in [0.1, 0.15) is 11.5 Å². The number of alkyl halides is 3. The van der Waals surface area contributed by atoms with Gasteiger partial charge in [-0.25, -0.2) is 4.39 Å². The lowest BCUT2D eigenvalue weighted by atomic mass is 9.83. The number of nitrogens with zero attached hydrogens (tertiary/aromatic N) is 2. The van der Waals surface area contributed by atoms with Crippen molar-refractivity contribution in [2.75, 3.05) is 5.75 Å². The molecule has 1 aromatic carbocycles. The molecular weight excluding hydrogens is 450 g/mol. The molecule has 0 saturated carbocycles. The van der Waals surface area contributed by atoms with Gasteiger partial charge in [-0.1, -0.05) is 24.8 Å². The molecule has 0 spiro atoms. The summed E-state index contributed by atoms with van der Waals surface area (Å²) in [5.41, 5.74) is 3.96. The van der Waals surface area contributed by atoms with Crippen molar-refractivity contribution in [1.82, 2.24) is 4.98 Å². The van der Waals surface area contributed by atoms with Gasteiger partial charge < -0.3 is 10.8 Å². The number of Topliss-reactive ketones (excluding diaryl/α,β-unsaturated/α-hetero) is 1. The Morgan fingerprint density at radius 3 is 2.62 bits per heavy atom. The van der Waals surface area contributed by atoms with Gasteiger partial charge in [0.15, 0.2) is 11.0 Å². The number of aliphatic imine (C=N–C) groups is 1.